The van der Waals surface area contributed by atoms with Crippen molar-refractivity contribution in [3.8, 4) is 0 Å². The van der Waals surface area contributed by atoms with E-state index in [0.717, 1.165) is 25.6 Å². The van der Waals surface area contributed by atoms with Gasteiger partial charge in [0.25, 0.3) is 0 Å². The molecule has 1 rings (SSSR count). The number of hydrogen-bond acceptors (Lipinski definition) is 4. The fourth-order valence-electron chi connectivity index (χ4n) is 2.39. The monoisotopic (exact) mass is 257 g/mol. The van der Waals surface area contributed by atoms with Crippen LogP contribution in [0.3, 0.4) is 0 Å². The number of piperidine rings is 1. The van der Waals surface area contributed by atoms with Crippen LogP contribution in [0.15, 0.2) is 0 Å². The number of rotatable bonds is 7. The Morgan fingerprint density at radius 1 is 1.61 bits per heavy atom. The Balaban J connectivity index is 2.11. The van der Waals surface area contributed by atoms with Gasteiger partial charge in [0.1, 0.15) is 0 Å². The number of likely N-dealkylation sites (tertiary alicyclic amines) is 1. The van der Waals surface area contributed by atoms with Crippen molar-refractivity contribution in [2.24, 2.45) is 11.7 Å². The highest BCUT2D eigenvalue weighted by atomic mass is 16.5. The molecule has 1 aliphatic heterocycles. The maximum absolute atomic E-state index is 11.6. The van der Waals surface area contributed by atoms with Crippen molar-refractivity contribution >= 4 is 5.91 Å². The SMILES string of the molecule is COC(CN)CC(=O)NCCN1CCCC(C)C1. The van der Waals surface area contributed by atoms with Gasteiger partial charge in [0.15, 0.2) is 0 Å². The van der Waals surface area contributed by atoms with E-state index in [4.69, 9.17) is 10.5 Å². The number of nitrogens with one attached hydrogen (secondary N) is 1. The summed E-state index contributed by atoms with van der Waals surface area (Å²) in [4.78, 5) is 14.0. The van der Waals surface area contributed by atoms with Crippen LogP contribution in [0.5, 0.6) is 0 Å². The Hall–Kier alpha value is -0.650. The third-order valence-electron chi connectivity index (χ3n) is 3.50. The highest BCUT2D eigenvalue weighted by Crippen LogP contribution is 2.14. The molecule has 0 radical (unpaired) electrons. The quantitative estimate of drug-likeness (QED) is 0.683. The molecule has 2 atom stereocenters. The van der Waals surface area contributed by atoms with Crippen molar-refractivity contribution in [3.63, 3.8) is 0 Å². The Labute approximate surface area is 110 Å². The molecule has 18 heavy (non-hydrogen) atoms. The first-order valence-electron chi connectivity index (χ1n) is 6.87. The van der Waals surface area contributed by atoms with Crippen molar-refractivity contribution in [3.05, 3.63) is 0 Å². The largest absolute Gasteiger partial charge is 0.380 e. The summed E-state index contributed by atoms with van der Waals surface area (Å²) >= 11 is 0. The molecule has 106 valence electrons. The van der Waals surface area contributed by atoms with Gasteiger partial charge >= 0.3 is 0 Å². The summed E-state index contributed by atoms with van der Waals surface area (Å²) in [6.07, 6.45) is 2.78. The van der Waals surface area contributed by atoms with Crippen molar-refractivity contribution in [1.29, 1.82) is 0 Å². The van der Waals surface area contributed by atoms with E-state index in [1.807, 2.05) is 0 Å². The molecule has 3 N–H and O–H groups in total. The average molecular weight is 257 g/mol. The zero-order valence-electron chi connectivity index (χ0n) is 11.7. The number of hydrogen-bond donors (Lipinski definition) is 2. The summed E-state index contributed by atoms with van der Waals surface area (Å²) in [5.74, 6) is 0.807. The summed E-state index contributed by atoms with van der Waals surface area (Å²) < 4.78 is 5.08. The van der Waals surface area contributed by atoms with E-state index in [9.17, 15) is 4.79 Å². The van der Waals surface area contributed by atoms with Gasteiger partial charge in [0.2, 0.25) is 5.91 Å². The van der Waals surface area contributed by atoms with Crippen LogP contribution in [0.2, 0.25) is 0 Å². The third kappa shape index (κ3) is 5.80. The molecule has 1 heterocycles. The molecule has 0 aromatic carbocycles. The second kappa shape index (κ2) is 8.45. The van der Waals surface area contributed by atoms with Gasteiger partial charge in [0.05, 0.1) is 12.5 Å². The van der Waals surface area contributed by atoms with Crippen LogP contribution < -0.4 is 11.1 Å². The summed E-state index contributed by atoms with van der Waals surface area (Å²) in [7, 11) is 1.58. The number of nitrogens with zero attached hydrogens (tertiary/aromatic N) is 1. The normalized spacial score (nSPS) is 22.7. The predicted octanol–water partition coefficient (Wildman–Crippen LogP) is 0.198. The molecule has 5 heteroatoms. The lowest BCUT2D eigenvalue weighted by atomic mass is 10.0. The molecule has 1 aliphatic rings. The first-order valence-corrected chi connectivity index (χ1v) is 6.87. The van der Waals surface area contributed by atoms with E-state index < -0.39 is 0 Å². The van der Waals surface area contributed by atoms with E-state index in [-0.39, 0.29) is 12.0 Å². The Morgan fingerprint density at radius 3 is 3.00 bits per heavy atom. The zero-order valence-corrected chi connectivity index (χ0v) is 11.7. The van der Waals surface area contributed by atoms with E-state index in [0.29, 0.717) is 19.5 Å². The topological polar surface area (TPSA) is 67.6 Å². The Kier molecular flexibility index (Phi) is 7.23. The van der Waals surface area contributed by atoms with Crippen molar-refractivity contribution in [2.45, 2.75) is 32.3 Å². The third-order valence-corrected chi connectivity index (χ3v) is 3.50. The molecule has 0 aliphatic carbocycles. The lowest BCUT2D eigenvalue weighted by molar-refractivity contribution is -0.123. The van der Waals surface area contributed by atoms with Crippen LogP contribution in [-0.2, 0) is 9.53 Å². The number of carbonyl (C=O) groups excluding carboxylic acids is 1. The lowest BCUT2D eigenvalue weighted by Crippen LogP contribution is -2.41. The van der Waals surface area contributed by atoms with Gasteiger partial charge in [-0.3, -0.25) is 4.79 Å². The van der Waals surface area contributed by atoms with Crippen molar-refractivity contribution in [2.75, 3.05) is 39.8 Å². The average Bonchev–Trinajstić information content (AvgIpc) is 2.36. The Bertz CT molecular complexity index is 244. The van der Waals surface area contributed by atoms with Crippen molar-refractivity contribution in [1.82, 2.24) is 10.2 Å². The van der Waals surface area contributed by atoms with Crippen LogP contribution >= 0.6 is 0 Å². The van der Waals surface area contributed by atoms with Gasteiger partial charge in [-0.2, -0.15) is 0 Å². The highest BCUT2D eigenvalue weighted by Gasteiger charge is 2.16. The molecule has 2 unspecified atom stereocenters. The molecule has 0 spiro atoms. The van der Waals surface area contributed by atoms with Crippen LogP contribution in [0.1, 0.15) is 26.2 Å². The highest BCUT2D eigenvalue weighted by molar-refractivity contribution is 5.76. The van der Waals surface area contributed by atoms with E-state index >= 15 is 0 Å². The predicted molar refractivity (Wildman–Crippen MR) is 72.3 cm³/mol. The van der Waals surface area contributed by atoms with Gasteiger partial charge in [-0.1, -0.05) is 6.92 Å². The minimum atomic E-state index is -0.167. The number of methoxy groups -OCH3 is 1. The van der Waals surface area contributed by atoms with Gasteiger partial charge in [-0.25, -0.2) is 0 Å². The van der Waals surface area contributed by atoms with Gasteiger partial charge in [-0.15, -0.1) is 0 Å². The fourth-order valence-corrected chi connectivity index (χ4v) is 2.39. The van der Waals surface area contributed by atoms with E-state index in [1.54, 1.807) is 7.11 Å². The van der Waals surface area contributed by atoms with Gasteiger partial charge in [0, 0.05) is 33.3 Å². The molecule has 0 saturated carbocycles. The summed E-state index contributed by atoms with van der Waals surface area (Å²) in [5, 5.41) is 2.93. The summed E-state index contributed by atoms with van der Waals surface area (Å²) in [6, 6.07) is 0. The van der Waals surface area contributed by atoms with Crippen LogP contribution in [0, 0.1) is 5.92 Å². The molecular formula is C13H27N3O2. The molecular weight excluding hydrogens is 230 g/mol. The standard InChI is InChI=1S/C13H27N3O2/c1-11-4-3-6-16(10-11)7-5-15-13(17)8-12(9-14)18-2/h11-12H,3-10,14H2,1-2H3,(H,15,17). The van der Waals surface area contributed by atoms with Crippen LogP contribution in [-0.4, -0.2) is 56.7 Å². The lowest BCUT2D eigenvalue weighted by Gasteiger charge is -2.30. The molecule has 1 saturated heterocycles. The van der Waals surface area contributed by atoms with E-state index in [2.05, 4.69) is 17.1 Å². The summed E-state index contributed by atoms with van der Waals surface area (Å²) in [6.45, 7) is 6.63. The minimum Gasteiger partial charge on any atom is -0.380 e. The zero-order chi connectivity index (χ0) is 13.4. The first-order chi connectivity index (χ1) is 8.65. The maximum Gasteiger partial charge on any atom is 0.222 e. The van der Waals surface area contributed by atoms with Crippen LogP contribution in [0.25, 0.3) is 0 Å². The number of ether oxygens (including phenoxy) is 1. The van der Waals surface area contributed by atoms with Gasteiger partial charge < -0.3 is 20.7 Å². The fraction of sp³-hybridized carbons (Fsp3) is 0.923. The molecule has 1 fully saturated rings. The number of nitrogens with two attached hydrogens (primary N) is 1. The second-order valence-electron chi connectivity index (χ2n) is 5.20. The molecule has 0 aromatic rings. The second-order valence-corrected chi connectivity index (χ2v) is 5.20. The molecule has 5 nitrogen and oxygen atoms in total. The van der Waals surface area contributed by atoms with Crippen molar-refractivity contribution < 1.29 is 9.53 Å². The smallest absolute Gasteiger partial charge is 0.222 e. The molecule has 0 aromatic heterocycles. The number of amides is 1. The molecule has 1 amide bonds. The van der Waals surface area contributed by atoms with E-state index in [1.165, 1.54) is 12.8 Å². The summed E-state index contributed by atoms with van der Waals surface area (Å²) in [5.41, 5.74) is 5.48. The first kappa shape index (κ1) is 15.4. The number of carbonyl (C=O) groups is 1. The molecule has 0 bridgehead atoms. The van der Waals surface area contributed by atoms with Gasteiger partial charge in [-0.05, 0) is 25.3 Å². The van der Waals surface area contributed by atoms with Crippen LogP contribution in [0.4, 0.5) is 0 Å². The minimum absolute atomic E-state index is 0.0253. The Morgan fingerprint density at radius 2 is 2.39 bits per heavy atom. The maximum atomic E-state index is 11.6.